The molecule has 4 aliphatic rings. The Hall–Kier alpha value is -3.16. The summed E-state index contributed by atoms with van der Waals surface area (Å²) in [5.41, 5.74) is 2.49. The van der Waals surface area contributed by atoms with E-state index in [-0.39, 0.29) is 30.9 Å². The SMILES string of the molecule is Cc1ccc(-n2nc(C)cc2NC(=O)COC(=O)CCNC(=O)C23CC4CC(CC(C4)C2)C3)cc1. The Morgan fingerprint density at radius 3 is 2.29 bits per heavy atom. The molecule has 0 saturated heterocycles. The van der Waals surface area contributed by atoms with Crippen LogP contribution in [0.3, 0.4) is 0 Å². The number of benzene rings is 1. The first kappa shape index (κ1) is 23.6. The average Bonchev–Trinajstić information content (AvgIpc) is 3.17. The van der Waals surface area contributed by atoms with Gasteiger partial charge in [-0.25, -0.2) is 4.68 Å². The van der Waals surface area contributed by atoms with Crippen LogP contribution in [0.5, 0.6) is 0 Å². The molecule has 1 heterocycles. The van der Waals surface area contributed by atoms with Crippen LogP contribution in [-0.2, 0) is 19.1 Å². The molecule has 0 unspecified atom stereocenters. The van der Waals surface area contributed by atoms with Crippen LogP contribution < -0.4 is 10.6 Å². The Morgan fingerprint density at radius 1 is 1.03 bits per heavy atom. The minimum Gasteiger partial charge on any atom is -0.456 e. The van der Waals surface area contributed by atoms with Crippen LogP contribution in [0.25, 0.3) is 5.69 Å². The second kappa shape index (κ2) is 9.47. The maximum absolute atomic E-state index is 13.0. The van der Waals surface area contributed by atoms with Crippen molar-refractivity contribution in [1.82, 2.24) is 15.1 Å². The number of hydrogen-bond donors (Lipinski definition) is 2. The Labute approximate surface area is 205 Å². The normalized spacial score (nSPS) is 26.4. The summed E-state index contributed by atoms with van der Waals surface area (Å²) in [5.74, 6) is 1.75. The predicted molar refractivity (Wildman–Crippen MR) is 131 cm³/mol. The molecule has 35 heavy (non-hydrogen) atoms. The number of hydrogen-bond acceptors (Lipinski definition) is 5. The quantitative estimate of drug-likeness (QED) is 0.564. The van der Waals surface area contributed by atoms with Gasteiger partial charge in [0, 0.05) is 18.0 Å². The summed E-state index contributed by atoms with van der Waals surface area (Å²) in [6.45, 7) is 3.70. The van der Waals surface area contributed by atoms with Gasteiger partial charge in [-0.15, -0.1) is 0 Å². The van der Waals surface area contributed by atoms with Crippen LogP contribution in [0.1, 0.15) is 56.2 Å². The summed E-state index contributed by atoms with van der Waals surface area (Å²) in [7, 11) is 0. The van der Waals surface area contributed by atoms with Gasteiger partial charge in [0.1, 0.15) is 5.82 Å². The van der Waals surface area contributed by atoms with Gasteiger partial charge in [0.15, 0.2) is 6.61 Å². The molecular formula is C27H34N4O4. The fourth-order valence-corrected chi connectivity index (χ4v) is 6.72. The number of aromatic nitrogens is 2. The predicted octanol–water partition coefficient (Wildman–Crippen LogP) is 3.69. The Kier molecular flexibility index (Phi) is 6.38. The summed E-state index contributed by atoms with van der Waals surface area (Å²) < 4.78 is 6.79. The number of amides is 2. The summed E-state index contributed by atoms with van der Waals surface area (Å²) >= 11 is 0. The number of nitrogens with one attached hydrogen (secondary N) is 2. The van der Waals surface area contributed by atoms with Gasteiger partial charge in [0.2, 0.25) is 5.91 Å². The van der Waals surface area contributed by atoms with E-state index in [0.717, 1.165) is 36.2 Å². The Balaban J connectivity index is 1.07. The third-order valence-electron chi connectivity index (χ3n) is 7.88. The zero-order valence-corrected chi connectivity index (χ0v) is 20.5. The fourth-order valence-electron chi connectivity index (χ4n) is 6.72. The van der Waals surface area contributed by atoms with E-state index in [1.165, 1.54) is 19.3 Å². The standard InChI is InChI=1S/C27H34N4O4/c1-17-3-5-22(6-4-17)31-23(9-18(2)30-31)29-24(32)16-35-25(33)7-8-28-26(34)27-13-19-10-20(14-27)12-21(11-19)15-27/h3-6,9,19-21H,7-8,10-16H2,1-2H3,(H,28,34)(H,29,32). The molecule has 4 fully saturated rings. The lowest BCUT2D eigenvalue weighted by Crippen LogP contribution is -2.53. The largest absolute Gasteiger partial charge is 0.456 e. The molecule has 2 N–H and O–H groups in total. The van der Waals surface area contributed by atoms with Crippen LogP contribution in [0.4, 0.5) is 5.82 Å². The van der Waals surface area contributed by atoms with Crippen molar-refractivity contribution in [2.24, 2.45) is 23.2 Å². The fraction of sp³-hybridized carbons (Fsp3) is 0.556. The molecule has 0 spiro atoms. The highest BCUT2D eigenvalue weighted by Crippen LogP contribution is 2.60. The molecule has 1 aromatic carbocycles. The highest BCUT2D eigenvalue weighted by Gasteiger charge is 2.54. The molecule has 2 amide bonds. The van der Waals surface area contributed by atoms with Crippen molar-refractivity contribution in [2.75, 3.05) is 18.5 Å². The Morgan fingerprint density at radius 2 is 1.66 bits per heavy atom. The van der Waals surface area contributed by atoms with Gasteiger partial charge in [-0.1, -0.05) is 17.7 Å². The monoisotopic (exact) mass is 478 g/mol. The summed E-state index contributed by atoms with van der Waals surface area (Å²) in [6.07, 6.45) is 6.88. The molecule has 0 atom stereocenters. The number of nitrogens with zero attached hydrogens (tertiary/aromatic N) is 2. The molecule has 4 aliphatic carbocycles. The minimum absolute atomic E-state index is 0.0474. The van der Waals surface area contributed by atoms with Gasteiger partial charge in [0.25, 0.3) is 5.91 Å². The summed E-state index contributed by atoms with van der Waals surface area (Å²) in [6, 6.07) is 9.56. The van der Waals surface area contributed by atoms with E-state index >= 15 is 0 Å². The van der Waals surface area contributed by atoms with Crippen LogP contribution in [0.2, 0.25) is 0 Å². The number of esters is 1. The molecule has 0 radical (unpaired) electrons. The van der Waals surface area contributed by atoms with E-state index in [0.29, 0.717) is 23.6 Å². The van der Waals surface area contributed by atoms with Crippen molar-refractivity contribution in [2.45, 2.75) is 58.8 Å². The first-order valence-corrected chi connectivity index (χ1v) is 12.7. The molecular weight excluding hydrogens is 444 g/mol. The van der Waals surface area contributed by atoms with E-state index < -0.39 is 11.9 Å². The van der Waals surface area contributed by atoms with Gasteiger partial charge in [-0.05, 0) is 82.3 Å². The Bertz CT molecular complexity index is 1090. The number of rotatable bonds is 8. The molecule has 6 rings (SSSR count). The van der Waals surface area contributed by atoms with Crippen LogP contribution in [-0.4, -0.2) is 40.7 Å². The highest BCUT2D eigenvalue weighted by atomic mass is 16.5. The molecule has 4 bridgehead atoms. The maximum Gasteiger partial charge on any atom is 0.308 e. The van der Waals surface area contributed by atoms with Crippen molar-refractivity contribution in [3.05, 3.63) is 41.6 Å². The maximum atomic E-state index is 13.0. The van der Waals surface area contributed by atoms with Gasteiger partial charge in [-0.2, -0.15) is 5.10 Å². The van der Waals surface area contributed by atoms with Crippen molar-refractivity contribution in [3.63, 3.8) is 0 Å². The van der Waals surface area contributed by atoms with Crippen LogP contribution in [0, 0.1) is 37.0 Å². The van der Waals surface area contributed by atoms with Crippen molar-refractivity contribution >= 4 is 23.6 Å². The molecule has 1 aromatic heterocycles. The minimum atomic E-state index is -0.505. The molecule has 8 heteroatoms. The van der Waals surface area contributed by atoms with E-state index in [1.807, 2.05) is 38.1 Å². The third kappa shape index (κ3) is 5.11. The highest BCUT2D eigenvalue weighted by molar-refractivity contribution is 5.92. The number of anilines is 1. The average molecular weight is 479 g/mol. The number of aryl methyl sites for hydroxylation is 2. The van der Waals surface area contributed by atoms with E-state index in [1.54, 1.807) is 10.7 Å². The van der Waals surface area contributed by atoms with Crippen molar-refractivity contribution in [3.8, 4) is 5.69 Å². The van der Waals surface area contributed by atoms with Gasteiger partial charge in [0.05, 0.1) is 17.8 Å². The van der Waals surface area contributed by atoms with E-state index in [2.05, 4.69) is 15.7 Å². The second-order valence-electron chi connectivity index (χ2n) is 10.8. The second-order valence-corrected chi connectivity index (χ2v) is 10.8. The van der Waals surface area contributed by atoms with Gasteiger partial charge >= 0.3 is 5.97 Å². The lowest BCUT2D eigenvalue weighted by molar-refractivity contribution is -0.148. The summed E-state index contributed by atoms with van der Waals surface area (Å²) in [4.78, 5) is 37.6. The van der Waals surface area contributed by atoms with Gasteiger partial charge in [-0.3, -0.25) is 14.4 Å². The molecule has 0 aliphatic heterocycles. The lowest BCUT2D eigenvalue weighted by atomic mass is 9.49. The lowest BCUT2D eigenvalue weighted by Gasteiger charge is -2.55. The topological polar surface area (TPSA) is 102 Å². The van der Waals surface area contributed by atoms with Gasteiger partial charge < -0.3 is 15.4 Å². The molecule has 8 nitrogen and oxygen atoms in total. The zero-order chi connectivity index (χ0) is 24.6. The number of carbonyl (C=O) groups excluding carboxylic acids is 3. The first-order chi connectivity index (χ1) is 16.8. The van der Waals surface area contributed by atoms with Crippen LogP contribution >= 0.6 is 0 Å². The number of ether oxygens (including phenoxy) is 1. The molecule has 4 saturated carbocycles. The number of carbonyl (C=O) groups is 3. The van der Waals surface area contributed by atoms with Crippen molar-refractivity contribution < 1.29 is 19.1 Å². The zero-order valence-electron chi connectivity index (χ0n) is 20.5. The smallest absolute Gasteiger partial charge is 0.308 e. The van der Waals surface area contributed by atoms with E-state index in [4.69, 9.17) is 4.74 Å². The molecule has 186 valence electrons. The molecule has 2 aromatic rings. The van der Waals surface area contributed by atoms with Crippen LogP contribution in [0.15, 0.2) is 30.3 Å². The first-order valence-electron chi connectivity index (χ1n) is 12.7. The van der Waals surface area contributed by atoms with Crippen molar-refractivity contribution in [1.29, 1.82) is 0 Å². The van der Waals surface area contributed by atoms with E-state index in [9.17, 15) is 14.4 Å². The summed E-state index contributed by atoms with van der Waals surface area (Å²) in [5, 5.41) is 10.2. The third-order valence-corrected chi connectivity index (χ3v) is 7.88.